The summed E-state index contributed by atoms with van der Waals surface area (Å²) in [6, 6.07) is 0. The van der Waals surface area contributed by atoms with Crippen LogP contribution in [-0.2, 0) is 6.54 Å². The first kappa shape index (κ1) is 15.5. The fraction of sp³-hybridized carbons (Fsp3) is 0.812. The SMILES string of the molecule is CC(C)CNCC1CCCN(CCCn2ccnc2)C1. The highest BCUT2D eigenvalue weighted by Gasteiger charge is 2.19. The predicted molar refractivity (Wildman–Crippen MR) is 83.7 cm³/mol. The molecule has 0 spiro atoms. The quantitative estimate of drug-likeness (QED) is 0.791. The van der Waals surface area contributed by atoms with Gasteiger partial charge in [-0.15, -0.1) is 0 Å². The van der Waals surface area contributed by atoms with Crippen molar-refractivity contribution in [2.45, 2.75) is 39.7 Å². The van der Waals surface area contributed by atoms with Gasteiger partial charge in [0.2, 0.25) is 0 Å². The molecule has 0 aliphatic carbocycles. The van der Waals surface area contributed by atoms with Crippen LogP contribution in [0.3, 0.4) is 0 Å². The van der Waals surface area contributed by atoms with Crippen LogP contribution in [0.1, 0.15) is 33.1 Å². The summed E-state index contributed by atoms with van der Waals surface area (Å²) < 4.78 is 2.17. The number of rotatable bonds is 8. The van der Waals surface area contributed by atoms with Crippen LogP contribution >= 0.6 is 0 Å². The molecular weight excluding hydrogens is 248 g/mol. The van der Waals surface area contributed by atoms with Crippen molar-refractivity contribution < 1.29 is 0 Å². The zero-order valence-corrected chi connectivity index (χ0v) is 13.1. The lowest BCUT2D eigenvalue weighted by atomic mass is 9.97. The van der Waals surface area contributed by atoms with Crippen molar-refractivity contribution in [3.63, 3.8) is 0 Å². The summed E-state index contributed by atoms with van der Waals surface area (Å²) in [5.74, 6) is 1.60. The molecule has 4 heteroatoms. The number of nitrogens with one attached hydrogen (secondary N) is 1. The molecule has 2 heterocycles. The summed E-state index contributed by atoms with van der Waals surface area (Å²) >= 11 is 0. The van der Waals surface area contributed by atoms with Gasteiger partial charge in [-0.1, -0.05) is 13.8 Å². The molecule has 1 N–H and O–H groups in total. The summed E-state index contributed by atoms with van der Waals surface area (Å²) in [5.41, 5.74) is 0. The predicted octanol–water partition coefficient (Wildman–Crippen LogP) is 2.23. The Kier molecular flexibility index (Phi) is 6.54. The van der Waals surface area contributed by atoms with Crippen LogP contribution in [0.4, 0.5) is 0 Å². The van der Waals surface area contributed by atoms with Crippen LogP contribution in [-0.4, -0.2) is 47.2 Å². The van der Waals surface area contributed by atoms with E-state index < -0.39 is 0 Å². The molecule has 1 aromatic heterocycles. The van der Waals surface area contributed by atoms with Gasteiger partial charge in [-0.05, 0) is 57.3 Å². The first-order chi connectivity index (χ1) is 9.74. The van der Waals surface area contributed by atoms with Gasteiger partial charge in [-0.2, -0.15) is 0 Å². The Labute approximate surface area is 123 Å². The number of aromatic nitrogens is 2. The Morgan fingerprint density at radius 2 is 2.25 bits per heavy atom. The number of hydrogen-bond donors (Lipinski definition) is 1. The number of aryl methyl sites for hydroxylation is 1. The summed E-state index contributed by atoms with van der Waals surface area (Å²) in [6.07, 6.45) is 9.80. The number of likely N-dealkylation sites (tertiary alicyclic amines) is 1. The molecule has 20 heavy (non-hydrogen) atoms. The summed E-state index contributed by atoms with van der Waals surface area (Å²) in [6.45, 7) is 11.8. The molecule has 0 bridgehead atoms. The van der Waals surface area contributed by atoms with Gasteiger partial charge in [0.05, 0.1) is 6.33 Å². The molecule has 0 radical (unpaired) electrons. The highest BCUT2D eigenvalue weighted by Crippen LogP contribution is 2.16. The zero-order chi connectivity index (χ0) is 14.2. The van der Waals surface area contributed by atoms with Gasteiger partial charge < -0.3 is 14.8 Å². The second kappa shape index (κ2) is 8.42. The van der Waals surface area contributed by atoms with E-state index in [2.05, 4.69) is 39.8 Å². The summed E-state index contributed by atoms with van der Waals surface area (Å²) in [5, 5.41) is 3.61. The standard InChI is InChI=1S/C16H30N4/c1-15(2)11-18-12-16-5-3-7-19(13-16)8-4-9-20-10-6-17-14-20/h6,10,14-16,18H,3-5,7-9,11-13H2,1-2H3. The Morgan fingerprint density at radius 1 is 1.35 bits per heavy atom. The number of imidazole rings is 1. The van der Waals surface area contributed by atoms with Gasteiger partial charge in [-0.25, -0.2) is 4.98 Å². The molecule has 0 saturated carbocycles. The van der Waals surface area contributed by atoms with Crippen molar-refractivity contribution in [1.82, 2.24) is 19.8 Å². The molecule has 0 amide bonds. The van der Waals surface area contributed by atoms with Gasteiger partial charge in [0.1, 0.15) is 0 Å². The third-order valence-electron chi connectivity index (χ3n) is 4.04. The van der Waals surface area contributed by atoms with Crippen molar-refractivity contribution in [1.29, 1.82) is 0 Å². The second-order valence-corrected chi connectivity index (χ2v) is 6.52. The Balaban J connectivity index is 1.60. The van der Waals surface area contributed by atoms with Crippen molar-refractivity contribution in [3.05, 3.63) is 18.7 Å². The minimum Gasteiger partial charge on any atom is -0.337 e. The van der Waals surface area contributed by atoms with Crippen molar-refractivity contribution in [2.24, 2.45) is 11.8 Å². The van der Waals surface area contributed by atoms with Crippen LogP contribution in [0.2, 0.25) is 0 Å². The molecule has 4 nitrogen and oxygen atoms in total. The Bertz CT molecular complexity index is 347. The van der Waals surface area contributed by atoms with E-state index >= 15 is 0 Å². The van der Waals surface area contributed by atoms with Crippen LogP contribution < -0.4 is 5.32 Å². The third-order valence-corrected chi connectivity index (χ3v) is 4.04. The number of hydrogen-bond acceptors (Lipinski definition) is 3. The summed E-state index contributed by atoms with van der Waals surface area (Å²) in [4.78, 5) is 6.73. The van der Waals surface area contributed by atoms with E-state index in [9.17, 15) is 0 Å². The number of piperidine rings is 1. The molecule has 1 aliphatic heterocycles. The molecular formula is C16H30N4. The van der Waals surface area contributed by atoms with E-state index in [1.807, 2.05) is 12.5 Å². The van der Waals surface area contributed by atoms with E-state index in [0.717, 1.165) is 24.9 Å². The highest BCUT2D eigenvalue weighted by molar-refractivity contribution is 4.76. The average molecular weight is 278 g/mol. The smallest absolute Gasteiger partial charge is 0.0945 e. The third kappa shape index (κ3) is 5.63. The lowest BCUT2D eigenvalue weighted by Crippen LogP contribution is -2.40. The zero-order valence-electron chi connectivity index (χ0n) is 13.1. The van der Waals surface area contributed by atoms with Crippen LogP contribution in [0, 0.1) is 11.8 Å². The van der Waals surface area contributed by atoms with E-state index in [1.54, 1.807) is 0 Å². The Morgan fingerprint density at radius 3 is 3.00 bits per heavy atom. The topological polar surface area (TPSA) is 33.1 Å². The first-order valence-electron chi connectivity index (χ1n) is 8.13. The molecule has 1 unspecified atom stereocenters. The van der Waals surface area contributed by atoms with Crippen molar-refractivity contribution >= 4 is 0 Å². The van der Waals surface area contributed by atoms with Gasteiger partial charge in [-0.3, -0.25) is 0 Å². The average Bonchev–Trinajstić information content (AvgIpc) is 2.92. The first-order valence-corrected chi connectivity index (χ1v) is 8.13. The maximum Gasteiger partial charge on any atom is 0.0945 e. The molecule has 0 aromatic carbocycles. The van der Waals surface area contributed by atoms with Crippen LogP contribution in [0.15, 0.2) is 18.7 Å². The van der Waals surface area contributed by atoms with Crippen LogP contribution in [0.5, 0.6) is 0 Å². The Hall–Kier alpha value is -0.870. The molecule has 1 aromatic rings. The maximum absolute atomic E-state index is 4.09. The molecule has 2 rings (SSSR count). The minimum atomic E-state index is 0.755. The normalized spacial score (nSPS) is 20.6. The minimum absolute atomic E-state index is 0.755. The lowest BCUT2D eigenvalue weighted by molar-refractivity contribution is 0.168. The van der Waals surface area contributed by atoms with Gasteiger partial charge in [0.25, 0.3) is 0 Å². The molecule has 1 fully saturated rings. The van der Waals surface area contributed by atoms with Gasteiger partial charge >= 0.3 is 0 Å². The highest BCUT2D eigenvalue weighted by atomic mass is 15.1. The second-order valence-electron chi connectivity index (χ2n) is 6.52. The number of nitrogens with zero attached hydrogens (tertiary/aromatic N) is 3. The van der Waals surface area contributed by atoms with Crippen LogP contribution in [0.25, 0.3) is 0 Å². The fourth-order valence-electron chi connectivity index (χ4n) is 2.99. The molecule has 1 atom stereocenters. The van der Waals surface area contributed by atoms with E-state index in [1.165, 1.54) is 45.4 Å². The van der Waals surface area contributed by atoms with E-state index in [0.29, 0.717) is 0 Å². The molecule has 114 valence electrons. The van der Waals surface area contributed by atoms with Crippen molar-refractivity contribution in [2.75, 3.05) is 32.7 Å². The monoisotopic (exact) mass is 278 g/mol. The van der Waals surface area contributed by atoms with Gasteiger partial charge in [0, 0.05) is 25.5 Å². The van der Waals surface area contributed by atoms with E-state index in [4.69, 9.17) is 0 Å². The largest absolute Gasteiger partial charge is 0.337 e. The fourth-order valence-corrected chi connectivity index (χ4v) is 2.99. The molecule has 1 saturated heterocycles. The summed E-state index contributed by atoms with van der Waals surface area (Å²) in [7, 11) is 0. The van der Waals surface area contributed by atoms with E-state index in [-0.39, 0.29) is 0 Å². The lowest BCUT2D eigenvalue weighted by Gasteiger charge is -2.33. The van der Waals surface area contributed by atoms with Gasteiger partial charge in [0.15, 0.2) is 0 Å². The maximum atomic E-state index is 4.09. The van der Waals surface area contributed by atoms with Crippen molar-refractivity contribution in [3.8, 4) is 0 Å². The molecule has 1 aliphatic rings.